The molecule has 2 heterocycles. The number of amides is 1. The number of hydrogen-bond donors (Lipinski definition) is 1. The van der Waals surface area contributed by atoms with Crippen molar-refractivity contribution >= 4 is 23.2 Å². The van der Waals surface area contributed by atoms with Crippen LogP contribution in [0.5, 0.6) is 0 Å². The number of rotatable bonds is 4. The highest BCUT2D eigenvalue weighted by Gasteiger charge is 2.10. The zero-order valence-electron chi connectivity index (χ0n) is 14.2. The van der Waals surface area contributed by atoms with Gasteiger partial charge in [-0.1, -0.05) is 12.1 Å². The van der Waals surface area contributed by atoms with Crippen LogP contribution in [-0.2, 0) is 18.4 Å². The minimum Gasteiger partial charge on any atom is -0.319 e. The van der Waals surface area contributed by atoms with Gasteiger partial charge in [0.1, 0.15) is 12.4 Å². The maximum absolute atomic E-state index is 12.2. The lowest BCUT2D eigenvalue weighted by atomic mass is 10.2. The Labute approximate surface area is 140 Å². The Morgan fingerprint density at radius 1 is 1.29 bits per heavy atom. The van der Waals surface area contributed by atoms with Gasteiger partial charge in [0.25, 0.3) is 5.91 Å². The predicted octanol–water partition coefficient (Wildman–Crippen LogP) is 1.85. The van der Waals surface area contributed by atoms with E-state index in [1.54, 1.807) is 10.9 Å². The number of para-hydroxylation sites is 2. The molecule has 0 unspecified atom stereocenters. The quantitative estimate of drug-likeness (QED) is 0.588. The lowest BCUT2D eigenvalue weighted by Gasteiger charge is -2.05. The zero-order chi connectivity index (χ0) is 17.3. The Morgan fingerprint density at radius 2 is 2.04 bits per heavy atom. The molecule has 0 saturated heterocycles. The Kier molecular flexibility index (Phi) is 4.16. The summed E-state index contributed by atoms with van der Waals surface area (Å²) in [6.07, 6.45) is 1.63. The number of hydrazone groups is 1. The molecule has 0 aliphatic carbocycles. The highest BCUT2D eigenvalue weighted by atomic mass is 16.2. The molecule has 0 radical (unpaired) electrons. The third kappa shape index (κ3) is 2.92. The molecule has 24 heavy (non-hydrogen) atoms. The standard InChI is InChI=1S/C17H20N6O/c1-11-14(12(2)22(4)21-11)9-18-20-17(24)10-23-13(3)19-15-7-5-6-8-16(15)23/h5-9H,10H2,1-4H3,(H,20,24)/b18-9+. The van der Waals surface area contributed by atoms with Gasteiger partial charge in [-0.25, -0.2) is 10.4 Å². The maximum Gasteiger partial charge on any atom is 0.260 e. The van der Waals surface area contributed by atoms with Crippen LogP contribution in [0.15, 0.2) is 29.4 Å². The van der Waals surface area contributed by atoms with E-state index in [9.17, 15) is 4.79 Å². The summed E-state index contributed by atoms with van der Waals surface area (Å²) in [5.74, 6) is 0.603. The topological polar surface area (TPSA) is 77.1 Å². The van der Waals surface area contributed by atoms with E-state index in [0.29, 0.717) is 0 Å². The van der Waals surface area contributed by atoms with Crippen molar-refractivity contribution in [3.8, 4) is 0 Å². The van der Waals surface area contributed by atoms with E-state index in [1.165, 1.54) is 0 Å². The van der Waals surface area contributed by atoms with Gasteiger partial charge in [-0.2, -0.15) is 10.2 Å². The minimum atomic E-state index is -0.198. The van der Waals surface area contributed by atoms with E-state index >= 15 is 0 Å². The first-order valence-corrected chi connectivity index (χ1v) is 7.71. The molecule has 7 heteroatoms. The van der Waals surface area contributed by atoms with Crippen molar-refractivity contribution in [2.24, 2.45) is 12.1 Å². The predicted molar refractivity (Wildman–Crippen MR) is 92.9 cm³/mol. The molecule has 1 N–H and O–H groups in total. The van der Waals surface area contributed by atoms with Crippen LogP contribution in [0.25, 0.3) is 11.0 Å². The van der Waals surface area contributed by atoms with Gasteiger partial charge in [0.2, 0.25) is 0 Å². The molecule has 124 valence electrons. The summed E-state index contributed by atoms with van der Waals surface area (Å²) in [5, 5.41) is 8.37. The Morgan fingerprint density at radius 3 is 2.75 bits per heavy atom. The average molecular weight is 324 g/mol. The first-order valence-electron chi connectivity index (χ1n) is 7.71. The average Bonchev–Trinajstić information content (AvgIpc) is 2.98. The Balaban J connectivity index is 1.71. The second-order valence-electron chi connectivity index (χ2n) is 5.74. The molecule has 1 aromatic carbocycles. The fourth-order valence-electron chi connectivity index (χ4n) is 2.72. The zero-order valence-corrected chi connectivity index (χ0v) is 14.2. The van der Waals surface area contributed by atoms with Crippen molar-refractivity contribution in [3.63, 3.8) is 0 Å². The number of carbonyl (C=O) groups excluding carboxylic acids is 1. The van der Waals surface area contributed by atoms with E-state index in [4.69, 9.17) is 0 Å². The molecule has 2 aromatic heterocycles. The molecule has 3 rings (SSSR count). The molecule has 0 saturated carbocycles. The van der Waals surface area contributed by atoms with E-state index in [0.717, 1.165) is 33.8 Å². The monoisotopic (exact) mass is 324 g/mol. The van der Waals surface area contributed by atoms with Crippen LogP contribution >= 0.6 is 0 Å². The van der Waals surface area contributed by atoms with Crippen LogP contribution in [0.2, 0.25) is 0 Å². The number of aromatic nitrogens is 4. The number of carbonyl (C=O) groups is 1. The second kappa shape index (κ2) is 6.27. The molecule has 1 amide bonds. The highest BCUT2D eigenvalue weighted by molar-refractivity contribution is 5.85. The van der Waals surface area contributed by atoms with Crippen molar-refractivity contribution < 1.29 is 4.79 Å². The van der Waals surface area contributed by atoms with Crippen molar-refractivity contribution in [2.75, 3.05) is 0 Å². The van der Waals surface area contributed by atoms with Crippen LogP contribution < -0.4 is 5.43 Å². The third-order valence-electron chi connectivity index (χ3n) is 4.10. The lowest BCUT2D eigenvalue weighted by molar-refractivity contribution is -0.121. The summed E-state index contributed by atoms with van der Waals surface area (Å²) in [4.78, 5) is 16.6. The van der Waals surface area contributed by atoms with Crippen LogP contribution in [0.1, 0.15) is 22.8 Å². The number of nitrogens with one attached hydrogen (secondary N) is 1. The largest absolute Gasteiger partial charge is 0.319 e. The van der Waals surface area contributed by atoms with Gasteiger partial charge < -0.3 is 4.57 Å². The molecule has 0 fully saturated rings. The fourth-order valence-corrected chi connectivity index (χ4v) is 2.72. The van der Waals surface area contributed by atoms with E-state index in [2.05, 4.69) is 20.6 Å². The molecule has 0 atom stereocenters. The summed E-state index contributed by atoms with van der Waals surface area (Å²) in [6.45, 7) is 5.94. The van der Waals surface area contributed by atoms with Gasteiger partial charge in [0, 0.05) is 18.3 Å². The molecule has 3 aromatic rings. The molecular weight excluding hydrogens is 304 g/mol. The van der Waals surface area contributed by atoms with Crippen molar-refractivity contribution in [1.82, 2.24) is 24.8 Å². The van der Waals surface area contributed by atoms with Crippen molar-refractivity contribution in [3.05, 3.63) is 47.0 Å². The van der Waals surface area contributed by atoms with Gasteiger partial charge in [0.15, 0.2) is 0 Å². The highest BCUT2D eigenvalue weighted by Crippen LogP contribution is 2.15. The first-order chi connectivity index (χ1) is 11.5. The second-order valence-corrected chi connectivity index (χ2v) is 5.74. The minimum absolute atomic E-state index is 0.175. The van der Waals surface area contributed by atoms with E-state index < -0.39 is 0 Å². The molecule has 7 nitrogen and oxygen atoms in total. The SMILES string of the molecule is Cc1nn(C)c(C)c1/C=N/NC(=O)Cn1c(C)nc2ccccc21. The maximum atomic E-state index is 12.2. The summed E-state index contributed by atoms with van der Waals surface area (Å²) in [6, 6.07) is 7.75. The summed E-state index contributed by atoms with van der Waals surface area (Å²) >= 11 is 0. The number of aryl methyl sites for hydroxylation is 3. The van der Waals surface area contributed by atoms with Gasteiger partial charge >= 0.3 is 0 Å². The van der Waals surface area contributed by atoms with E-state index in [-0.39, 0.29) is 12.5 Å². The number of benzene rings is 1. The molecular formula is C17H20N6O. The number of fused-ring (bicyclic) bond motifs is 1. The van der Waals surface area contributed by atoms with Crippen LogP contribution in [0, 0.1) is 20.8 Å². The molecule has 0 aliphatic heterocycles. The number of hydrogen-bond acceptors (Lipinski definition) is 4. The van der Waals surface area contributed by atoms with Crippen molar-refractivity contribution in [1.29, 1.82) is 0 Å². The smallest absolute Gasteiger partial charge is 0.260 e. The Bertz CT molecular complexity index is 934. The third-order valence-corrected chi connectivity index (χ3v) is 4.10. The number of nitrogens with zero attached hydrogens (tertiary/aromatic N) is 5. The van der Waals surface area contributed by atoms with Crippen LogP contribution in [0.3, 0.4) is 0 Å². The van der Waals surface area contributed by atoms with Gasteiger partial charge in [-0.05, 0) is 32.9 Å². The van der Waals surface area contributed by atoms with E-state index in [1.807, 2.05) is 56.7 Å². The normalized spacial score (nSPS) is 11.5. The lowest BCUT2D eigenvalue weighted by Crippen LogP contribution is -2.23. The summed E-state index contributed by atoms with van der Waals surface area (Å²) < 4.78 is 3.67. The molecule has 0 spiro atoms. The van der Waals surface area contributed by atoms with Gasteiger partial charge in [-0.3, -0.25) is 9.48 Å². The Hall–Kier alpha value is -2.96. The first kappa shape index (κ1) is 15.9. The molecule has 0 bridgehead atoms. The molecule has 0 aliphatic rings. The summed E-state index contributed by atoms with van der Waals surface area (Å²) in [7, 11) is 1.88. The van der Waals surface area contributed by atoms with Crippen molar-refractivity contribution in [2.45, 2.75) is 27.3 Å². The van der Waals surface area contributed by atoms with Gasteiger partial charge in [0.05, 0.1) is 22.9 Å². The number of imidazole rings is 1. The fraction of sp³-hybridized carbons (Fsp3) is 0.294. The van der Waals surface area contributed by atoms with Crippen LogP contribution in [-0.4, -0.2) is 31.5 Å². The van der Waals surface area contributed by atoms with Gasteiger partial charge in [-0.15, -0.1) is 0 Å². The van der Waals surface area contributed by atoms with Crippen LogP contribution in [0.4, 0.5) is 0 Å². The summed E-state index contributed by atoms with van der Waals surface area (Å²) in [5.41, 5.74) is 7.19.